The third-order valence-corrected chi connectivity index (χ3v) is 3.94. The fourth-order valence-corrected chi connectivity index (χ4v) is 3.02. The molecule has 2 aromatic rings. The van der Waals surface area contributed by atoms with Crippen molar-refractivity contribution in [2.24, 2.45) is 0 Å². The van der Waals surface area contributed by atoms with E-state index in [1.165, 1.54) is 16.5 Å². The van der Waals surface area contributed by atoms with Gasteiger partial charge in [0.1, 0.15) is 0 Å². The number of carbonyl (C=O) groups is 1. The number of rotatable bonds is 3. The molecule has 1 aromatic carbocycles. The monoisotopic (exact) mass is 256 g/mol. The van der Waals surface area contributed by atoms with Gasteiger partial charge in [-0.15, -0.1) is 0 Å². The summed E-state index contributed by atoms with van der Waals surface area (Å²) in [7, 11) is 4.14. The number of ketones is 1. The summed E-state index contributed by atoms with van der Waals surface area (Å²) in [5.74, 6) is 0.316. The Morgan fingerprint density at radius 3 is 2.79 bits per heavy atom. The van der Waals surface area contributed by atoms with Crippen LogP contribution < -0.4 is 0 Å². The van der Waals surface area contributed by atoms with Gasteiger partial charge in [-0.1, -0.05) is 18.2 Å². The second kappa shape index (κ2) is 4.82. The molecule has 0 N–H and O–H groups in total. The van der Waals surface area contributed by atoms with Crippen molar-refractivity contribution >= 4 is 16.7 Å². The number of fused-ring (bicyclic) bond motifs is 3. The maximum Gasteiger partial charge on any atom is 0.179 e. The number of carbonyl (C=O) groups excluding carboxylic acids is 1. The number of benzene rings is 1. The van der Waals surface area contributed by atoms with Gasteiger partial charge in [-0.25, -0.2) is 0 Å². The summed E-state index contributed by atoms with van der Waals surface area (Å²) in [6.45, 7) is 1.84. The molecule has 1 aliphatic rings. The predicted octanol–water partition coefficient (Wildman–Crippen LogP) is 2.72. The van der Waals surface area contributed by atoms with Crippen molar-refractivity contribution < 1.29 is 4.79 Å². The van der Waals surface area contributed by atoms with E-state index >= 15 is 0 Å². The quantitative estimate of drug-likeness (QED) is 0.843. The molecule has 0 fully saturated rings. The van der Waals surface area contributed by atoms with Crippen LogP contribution in [-0.2, 0) is 13.0 Å². The largest absolute Gasteiger partial charge is 0.337 e. The van der Waals surface area contributed by atoms with Gasteiger partial charge in [-0.3, -0.25) is 4.79 Å². The van der Waals surface area contributed by atoms with Crippen LogP contribution in [0.15, 0.2) is 24.3 Å². The van der Waals surface area contributed by atoms with Gasteiger partial charge in [0.2, 0.25) is 0 Å². The molecule has 100 valence electrons. The van der Waals surface area contributed by atoms with Gasteiger partial charge in [-0.05, 0) is 38.6 Å². The lowest BCUT2D eigenvalue weighted by atomic mass is 9.94. The number of Topliss-reactive ketones (excluding diaryl/α,β-unsaturated/α-hetero) is 1. The summed E-state index contributed by atoms with van der Waals surface area (Å²) in [5.41, 5.74) is 3.45. The zero-order valence-electron chi connectivity index (χ0n) is 11.6. The molecule has 3 nitrogen and oxygen atoms in total. The highest BCUT2D eigenvalue weighted by Crippen LogP contribution is 2.31. The number of likely N-dealkylation sites (N-methyl/N-ethyl adjacent to an activating group) is 1. The summed E-state index contributed by atoms with van der Waals surface area (Å²) < 4.78 is 2.23. The third kappa shape index (κ3) is 2.08. The lowest BCUT2D eigenvalue weighted by Crippen LogP contribution is -2.22. The van der Waals surface area contributed by atoms with Gasteiger partial charge in [-0.2, -0.15) is 0 Å². The number of hydrogen-bond donors (Lipinski definition) is 0. The van der Waals surface area contributed by atoms with Crippen molar-refractivity contribution in [1.82, 2.24) is 9.47 Å². The second-order valence-corrected chi connectivity index (χ2v) is 5.58. The molecule has 0 saturated carbocycles. The maximum atomic E-state index is 12.3. The third-order valence-electron chi connectivity index (χ3n) is 3.94. The fraction of sp³-hybridized carbons (Fsp3) is 0.438. The highest BCUT2D eigenvalue weighted by molar-refractivity contribution is 6.04. The Kier molecular flexibility index (Phi) is 3.15. The van der Waals surface area contributed by atoms with E-state index in [0.29, 0.717) is 12.2 Å². The van der Waals surface area contributed by atoms with Gasteiger partial charge >= 0.3 is 0 Å². The number of para-hydroxylation sites is 1. The van der Waals surface area contributed by atoms with E-state index in [1.54, 1.807) is 0 Å². The number of hydrogen-bond acceptors (Lipinski definition) is 2. The highest BCUT2D eigenvalue weighted by atomic mass is 16.1. The lowest BCUT2D eigenvalue weighted by molar-refractivity contribution is 0.0963. The van der Waals surface area contributed by atoms with Crippen LogP contribution in [-0.4, -0.2) is 35.9 Å². The molecule has 0 radical (unpaired) electrons. The van der Waals surface area contributed by atoms with Crippen LogP contribution in [0.4, 0.5) is 0 Å². The van der Waals surface area contributed by atoms with Crippen molar-refractivity contribution in [3.05, 3.63) is 35.5 Å². The van der Waals surface area contributed by atoms with Crippen LogP contribution in [0, 0.1) is 0 Å². The van der Waals surface area contributed by atoms with E-state index in [-0.39, 0.29) is 0 Å². The van der Waals surface area contributed by atoms with Crippen LogP contribution in [0.25, 0.3) is 10.9 Å². The van der Waals surface area contributed by atoms with Crippen molar-refractivity contribution in [2.45, 2.75) is 25.8 Å². The van der Waals surface area contributed by atoms with E-state index in [1.807, 2.05) is 0 Å². The summed E-state index contributed by atoms with van der Waals surface area (Å²) in [6.07, 6.45) is 2.73. The second-order valence-electron chi connectivity index (χ2n) is 5.58. The molecule has 1 heterocycles. The Bertz CT molecular complexity index is 625. The van der Waals surface area contributed by atoms with Crippen molar-refractivity contribution in [1.29, 1.82) is 0 Å². The first-order valence-electron chi connectivity index (χ1n) is 6.96. The SMILES string of the molecule is CN(C)CCn1c2c(c3ccccc31)CCCC2=O. The molecule has 1 aromatic heterocycles. The lowest BCUT2D eigenvalue weighted by Gasteiger charge is -2.16. The van der Waals surface area contributed by atoms with Crippen LogP contribution in [0.2, 0.25) is 0 Å². The Morgan fingerprint density at radius 2 is 2.00 bits per heavy atom. The van der Waals surface area contributed by atoms with Crippen LogP contribution >= 0.6 is 0 Å². The van der Waals surface area contributed by atoms with Crippen molar-refractivity contribution in [3.63, 3.8) is 0 Å². The molecule has 3 rings (SSSR count). The molecule has 0 saturated heterocycles. The Balaban J connectivity index is 2.17. The molecular formula is C16H20N2O. The van der Waals surface area contributed by atoms with Gasteiger partial charge < -0.3 is 9.47 Å². The average molecular weight is 256 g/mol. The van der Waals surface area contributed by atoms with Gasteiger partial charge in [0.25, 0.3) is 0 Å². The topological polar surface area (TPSA) is 25.2 Å². The minimum atomic E-state index is 0.316. The molecule has 19 heavy (non-hydrogen) atoms. The van der Waals surface area contributed by atoms with E-state index < -0.39 is 0 Å². The van der Waals surface area contributed by atoms with Gasteiger partial charge in [0.15, 0.2) is 5.78 Å². The number of aromatic nitrogens is 1. The molecule has 0 spiro atoms. The first kappa shape index (κ1) is 12.4. The Morgan fingerprint density at radius 1 is 1.21 bits per heavy atom. The fourth-order valence-electron chi connectivity index (χ4n) is 3.02. The normalized spacial score (nSPS) is 15.2. The summed E-state index contributed by atoms with van der Waals surface area (Å²) in [6, 6.07) is 8.41. The molecule has 0 unspecified atom stereocenters. The smallest absolute Gasteiger partial charge is 0.179 e. The van der Waals surface area contributed by atoms with Crippen LogP contribution in [0.3, 0.4) is 0 Å². The zero-order chi connectivity index (χ0) is 13.4. The van der Waals surface area contributed by atoms with Crippen molar-refractivity contribution in [2.75, 3.05) is 20.6 Å². The molecule has 0 atom stereocenters. The van der Waals surface area contributed by atoms with E-state index in [4.69, 9.17) is 0 Å². The van der Waals surface area contributed by atoms with E-state index in [2.05, 4.69) is 47.8 Å². The molecular weight excluding hydrogens is 236 g/mol. The minimum Gasteiger partial charge on any atom is -0.337 e. The Hall–Kier alpha value is -1.61. The van der Waals surface area contributed by atoms with E-state index in [0.717, 1.165) is 31.6 Å². The minimum absolute atomic E-state index is 0.316. The number of nitrogens with zero attached hydrogens (tertiary/aromatic N) is 2. The van der Waals surface area contributed by atoms with Crippen molar-refractivity contribution in [3.8, 4) is 0 Å². The van der Waals surface area contributed by atoms with Gasteiger partial charge in [0, 0.05) is 30.4 Å². The maximum absolute atomic E-state index is 12.3. The summed E-state index contributed by atoms with van der Waals surface area (Å²) in [4.78, 5) is 14.4. The first-order valence-corrected chi connectivity index (χ1v) is 6.96. The molecule has 0 aliphatic heterocycles. The molecule has 1 aliphatic carbocycles. The molecule has 0 bridgehead atoms. The first-order chi connectivity index (χ1) is 9.18. The summed E-state index contributed by atoms with van der Waals surface area (Å²) >= 11 is 0. The number of aryl methyl sites for hydroxylation is 1. The Labute approximate surface area is 113 Å². The highest BCUT2D eigenvalue weighted by Gasteiger charge is 2.25. The summed E-state index contributed by atoms with van der Waals surface area (Å²) in [5, 5.41) is 1.27. The van der Waals surface area contributed by atoms with Gasteiger partial charge in [0.05, 0.1) is 5.69 Å². The standard InChI is InChI=1S/C16H20N2O/c1-17(2)10-11-18-14-8-4-3-6-12(14)13-7-5-9-15(19)16(13)18/h3-4,6,8H,5,7,9-11H2,1-2H3. The molecule has 3 heteroatoms. The zero-order valence-corrected chi connectivity index (χ0v) is 11.6. The molecule has 0 amide bonds. The van der Waals surface area contributed by atoms with Crippen LogP contribution in [0.5, 0.6) is 0 Å². The van der Waals surface area contributed by atoms with Crippen LogP contribution in [0.1, 0.15) is 28.9 Å². The average Bonchev–Trinajstić information content (AvgIpc) is 2.72. The van der Waals surface area contributed by atoms with E-state index in [9.17, 15) is 4.79 Å². The predicted molar refractivity (Wildman–Crippen MR) is 77.8 cm³/mol.